The highest BCUT2D eigenvalue weighted by Crippen LogP contribution is 2.26. The topological polar surface area (TPSA) is 84.9 Å². The average molecular weight is 371 g/mol. The molecule has 134 valence electrons. The van der Waals surface area contributed by atoms with Crippen LogP contribution in [0.15, 0.2) is 35.7 Å². The van der Waals surface area contributed by atoms with Crippen LogP contribution in [0.5, 0.6) is 11.5 Å². The first-order valence-electron chi connectivity index (χ1n) is 7.19. The Morgan fingerprint density at radius 3 is 2.56 bits per heavy atom. The number of nitrogens with one attached hydrogen (secondary N) is 1. The van der Waals surface area contributed by atoms with Gasteiger partial charge in [-0.15, -0.1) is 11.3 Å². The molecule has 1 amide bonds. The van der Waals surface area contributed by atoms with Crippen LogP contribution in [0.4, 0.5) is 8.78 Å². The highest BCUT2D eigenvalue weighted by molar-refractivity contribution is 7.12. The maximum Gasteiger partial charge on any atom is 0.387 e. The van der Waals surface area contributed by atoms with Gasteiger partial charge in [-0.2, -0.15) is 8.78 Å². The van der Waals surface area contributed by atoms with Crippen molar-refractivity contribution in [1.29, 1.82) is 0 Å². The molecule has 0 spiro atoms. The number of aliphatic carboxylic acids is 1. The highest BCUT2D eigenvalue weighted by atomic mass is 32.1. The van der Waals surface area contributed by atoms with Gasteiger partial charge in [0.15, 0.2) is 6.61 Å². The first kappa shape index (κ1) is 18.7. The lowest BCUT2D eigenvalue weighted by molar-refractivity contribution is -0.139. The van der Waals surface area contributed by atoms with Crippen LogP contribution in [0, 0.1) is 0 Å². The zero-order valence-corrected chi connectivity index (χ0v) is 13.7. The molecule has 1 aromatic carbocycles. The van der Waals surface area contributed by atoms with Crippen LogP contribution >= 0.6 is 11.3 Å². The zero-order chi connectivity index (χ0) is 18.2. The summed E-state index contributed by atoms with van der Waals surface area (Å²) in [6.45, 7) is -3.10. The van der Waals surface area contributed by atoms with E-state index in [9.17, 15) is 18.4 Å². The quantitative estimate of drug-likeness (QED) is 0.708. The van der Waals surface area contributed by atoms with Crippen molar-refractivity contribution in [2.75, 3.05) is 13.2 Å². The SMILES string of the molecule is O=C(O)COc1ccc(CCNC(=O)c2sccc2OC(F)F)cc1. The second-order valence-corrected chi connectivity index (χ2v) is 5.74. The Hall–Kier alpha value is -2.68. The number of hydrogen-bond donors (Lipinski definition) is 2. The Bertz CT molecular complexity index is 718. The van der Waals surface area contributed by atoms with Gasteiger partial charge in [-0.3, -0.25) is 4.79 Å². The Morgan fingerprint density at radius 1 is 1.20 bits per heavy atom. The molecular weight excluding hydrogens is 356 g/mol. The fourth-order valence-electron chi connectivity index (χ4n) is 1.95. The molecular formula is C16H15F2NO5S. The largest absolute Gasteiger partial charge is 0.482 e. The van der Waals surface area contributed by atoms with Crippen molar-refractivity contribution in [1.82, 2.24) is 5.32 Å². The fourth-order valence-corrected chi connectivity index (χ4v) is 2.69. The Labute approximate surface area is 146 Å². The molecule has 0 saturated carbocycles. The Balaban J connectivity index is 1.81. The summed E-state index contributed by atoms with van der Waals surface area (Å²) in [6.07, 6.45) is 0.515. The number of hydrogen-bond acceptors (Lipinski definition) is 5. The predicted molar refractivity (Wildman–Crippen MR) is 86.6 cm³/mol. The van der Waals surface area contributed by atoms with Crippen molar-refractivity contribution in [3.8, 4) is 11.5 Å². The van der Waals surface area contributed by atoms with Gasteiger partial charge in [-0.25, -0.2) is 4.79 Å². The third-order valence-electron chi connectivity index (χ3n) is 3.04. The summed E-state index contributed by atoms with van der Waals surface area (Å²) in [4.78, 5) is 22.5. The van der Waals surface area contributed by atoms with Crippen molar-refractivity contribution < 1.29 is 33.0 Å². The van der Waals surface area contributed by atoms with E-state index in [2.05, 4.69) is 10.1 Å². The molecule has 2 aromatic rings. The fraction of sp³-hybridized carbons (Fsp3) is 0.250. The molecule has 9 heteroatoms. The van der Waals surface area contributed by atoms with E-state index in [1.807, 2.05) is 0 Å². The average Bonchev–Trinajstić information content (AvgIpc) is 3.01. The van der Waals surface area contributed by atoms with E-state index in [0.717, 1.165) is 16.9 Å². The maximum absolute atomic E-state index is 12.3. The van der Waals surface area contributed by atoms with Crippen molar-refractivity contribution in [3.63, 3.8) is 0 Å². The molecule has 0 atom stereocenters. The second-order valence-electron chi connectivity index (χ2n) is 4.82. The number of thiophene rings is 1. The summed E-state index contributed by atoms with van der Waals surface area (Å²) < 4.78 is 33.8. The lowest BCUT2D eigenvalue weighted by Crippen LogP contribution is -2.25. The zero-order valence-electron chi connectivity index (χ0n) is 12.9. The molecule has 0 aliphatic rings. The first-order chi connectivity index (χ1) is 12.0. The van der Waals surface area contributed by atoms with Crippen LogP contribution in [0.2, 0.25) is 0 Å². The Morgan fingerprint density at radius 2 is 1.92 bits per heavy atom. The Kier molecular flexibility index (Phi) is 6.70. The second kappa shape index (κ2) is 8.97. The van der Waals surface area contributed by atoms with E-state index >= 15 is 0 Å². The molecule has 0 saturated heterocycles. The summed E-state index contributed by atoms with van der Waals surface area (Å²) >= 11 is 1.02. The highest BCUT2D eigenvalue weighted by Gasteiger charge is 2.17. The van der Waals surface area contributed by atoms with Gasteiger partial charge >= 0.3 is 12.6 Å². The molecule has 6 nitrogen and oxygen atoms in total. The minimum atomic E-state index is -2.98. The van der Waals surface area contributed by atoms with E-state index in [4.69, 9.17) is 9.84 Å². The number of amides is 1. The molecule has 0 unspecified atom stereocenters. The van der Waals surface area contributed by atoms with Gasteiger partial charge in [0.25, 0.3) is 5.91 Å². The molecule has 25 heavy (non-hydrogen) atoms. The minimum Gasteiger partial charge on any atom is -0.482 e. The van der Waals surface area contributed by atoms with Gasteiger partial charge in [0.1, 0.15) is 16.4 Å². The number of carboxylic acid groups (broad SMARTS) is 1. The van der Waals surface area contributed by atoms with Crippen molar-refractivity contribution in [2.45, 2.75) is 13.0 Å². The summed E-state index contributed by atoms with van der Waals surface area (Å²) in [6, 6.07) is 8.09. The molecule has 2 N–H and O–H groups in total. The molecule has 0 aliphatic heterocycles. The maximum atomic E-state index is 12.3. The third kappa shape index (κ3) is 6.03. The van der Waals surface area contributed by atoms with Crippen LogP contribution in [0.25, 0.3) is 0 Å². The molecule has 0 bridgehead atoms. The van der Waals surface area contributed by atoms with Gasteiger partial charge in [0.2, 0.25) is 0 Å². The van der Waals surface area contributed by atoms with Crippen molar-refractivity contribution in [2.24, 2.45) is 0 Å². The first-order valence-corrected chi connectivity index (χ1v) is 8.07. The van der Waals surface area contributed by atoms with Crippen LogP contribution in [0.3, 0.4) is 0 Å². The van der Waals surface area contributed by atoms with E-state index in [1.165, 1.54) is 11.4 Å². The van der Waals surface area contributed by atoms with Crippen LogP contribution < -0.4 is 14.8 Å². The van der Waals surface area contributed by atoms with Crippen LogP contribution in [-0.2, 0) is 11.2 Å². The number of carbonyl (C=O) groups excluding carboxylic acids is 1. The number of carbonyl (C=O) groups is 2. The molecule has 0 fully saturated rings. The summed E-state index contributed by atoms with van der Waals surface area (Å²) in [5, 5.41) is 12.7. The summed E-state index contributed by atoms with van der Waals surface area (Å²) in [7, 11) is 0. The van der Waals surface area contributed by atoms with E-state index in [0.29, 0.717) is 18.7 Å². The summed E-state index contributed by atoms with van der Waals surface area (Å²) in [5.74, 6) is -1.25. The van der Waals surface area contributed by atoms with E-state index in [-0.39, 0.29) is 10.6 Å². The lowest BCUT2D eigenvalue weighted by atomic mass is 10.1. The van der Waals surface area contributed by atoms with Crippen LogP contribution in [0.1, 0.15) is 15.2 Å². The monoisotopic (exact) mass is 371 g/mol. The van der Waals surface area contributed by atoms with E-state index < -0.39 is 25.1 Å². The minimum absolute atomic E-state index is 0.0951. The molecule has 2 rings (SSSR count). The normalized spacial score (nSPS) is 10.5. The smallest absolute Gasteiger partial charge is 0.387 e. The molecule has 0 aliphatic carbocycles. The number of carboxylic acids is 1. The number of benzene rings is 1. The number of alkyl halides is 2. The van der Waals surface area contributed by atoms with Gasteiger partial charge in [-0.05, 0) is 35.6 Å². The van der Waals surface area contributed by atoms with Crippen LogP contribution in [-0.4, -0.2) is 36.7 Å². The number of rotatable bonds is 9. The van der Waals surface area contributed by atoms with Gasteiger partial charge in [-0.1, -0.05) is 12.1 Å². The van der Waals surface area contributed by atoms with Gasteiger partial charge in [0, 0.05) is 6.54 Å². The summed E-state index contributed by atoms with van der Waals surface area (Å²) in [5.41, 5.74) is 0.901. The molecule has 1 aromatic heterocycles. The van der Waals surface area contributed by atoms with Gasteiger partial charge < -0.3 is 19.9 Å². The third-order valence-corrected chi connectivity index (χ3v) is 3.93. The number of ether oxygens (including phenoxy) is 2. The number of halogens is 2. The lowest BCUT2D eigenvalue weighted by Gasteiger charge is -2.08. The van der Waals surface area contributed by atoms with E-state index in [1.54, 1.807) is 24.3 Å². The molecule has 0 radical (unpaired) electrons. The standard InChI is InChI=1S/C16H15F2NO5S/c17-16(18)24-12-6-8-25-14(12)15(22)19-7-5-10-1-3-11(4-2-10)23-9-13(20)21/h1-4,6,8,16H,5,7,9H2,(H,19,22)(H,20,21). The molecule has 1 heterocycles. The van der Waals surface area contributed by atoms with Gasteiger partial charge in [0.05, 0.1) is 0 Å². The van der Waals surface area contributed by atoms with Crippen molar-refractivity contribution >= 4 is 23.2 Å². The van der Waals surface area contributed by atoms with Crippen molar-refractivity contribution in [3.05, 3.63) is 46.2 Å². The predicted octanol–water partition coefficient (Wildman–Crippen LogP) is 2.79.